The smallest absolute Gasteiger partial charge is 0.234 e. The first-order valence-corrected chi connectivity index (χ1v) is 10.5. The number of hydrogen-bond donors (Lipinski definition) is 1. The van der Waals surface area contributed by atoms with Gasteiger partial charge in [-0.05, 0) is 24.1 Å². The summed E-state index contributed by atoms with van der Waals surface area (Å²) >= 11 is 0. The SMILES string of the molecule is CN(Cc1cnn(C)c1)C(=O)C1C2C(=O)N(c3ccc(CCO)cc3)C[C@]23C=C[C@H]1O3. The van der Waals surface area contributed by atoms with E-state index >= 15 is 0 Å². The molecule has 0 aliphatic carbocycles. The summed E-state index contributed by atoms with van der Waals surface area (Å²) in [5.74, 6) is -1.21. The Morgan fingerprint density at radius 1 is 1.32 bits per heavy atom. The Balaban J connectivity index is 1.37. The highest BCUT2D eigenvalue weighted by Gasteiger charge is 2.67. The lowest BCUT2D eigenvalue weighted by atomic mass is 9.76. The number of hydrogen-bond acceptors (Lipinski definition) is 5. The number of carbonyl (C=O) groups excluding carboxylic acids is 2. The van der Waals surface area contributed by atoms with Gasteiger partial charge in [0.25, 0.3) is 0 Å². The molecule has 3 aliphatic rings. The standard InChI is InChI=1S/C23H26N4O4/c1-25(12-16-11-24-26(2)13-16)21(29)19-18-7-9-23(31-18)14-27(22(30)20(19)23)17-5-3-15(4-6-17)8-10-28/h3-7,9,11,13,18-20,28H,8,10,12,14H2,1-2H3/t18-,19?,20?,23-/m1/s1. The number of aliphatic hydroxyl groups is 1. The summed E-state index contributed by atoms with van der Waals surface area (Å²) in [6.45, 7) is 0.923. The lowest BCUT2D eigenvalue weighted by Gasteiger charge is -2.27. The maximum absolute atomic E-state index is 13.5. The number of aliphatic hydroxyl groups excluding tert-OH is 1. The molecule has 4 heterocycles. The first-order chi connectivity index (χ1) is 14.9. The molecule has 2 aromatic rings. The second-order valence-electron chi connectivity index (χ2n) is 8.68. The minimum atomic E-state index is -0.749. The van der Waals surface area contributed by atoms with Gasteiger partial charge in [-0.15, -0.1) is 0 Å². The molecule has 1 aromatic carbocycles. The van der Waals surface area contributed by atoms with E-state index in [2.05, 4.69) is 5.10 Å². The van der Waals surface area contributed by atoms with Crippen molar-refractivity contribution in [2.75, 3.05) is 25.1 Å². The van der Waals surface area contributed by atoms with Crippen LogP contribution in [0, 0.1) is 11.8 Å². The quantitative estimate of drug-likeness (QED) is 0.699. The molecule has 0 saturated carbocycles. The summed E-state index contributed by atoms with van der Waals surface area (Å²) in [5, 5.41) is 13.3. The van der Waals surface area contributed by atoms with Gasteiger partial charge < -0.3 is 19.6 Å². The molecule has 162 valence electrons. The lowest BCUT2D eigenvalue weighted by molar-refractivity contribution is -0.139. The van der Waals surface area contributed by atoms with Gasteiger partial charge >= 0.3 is 0 Å². The van der Waals surface area contributed by atoms with Crippen LogP contribution in [0.15, 0.2) is 48.8 Å². The minimum absolute atomic E-state index is 0.0742. The number of aromatic nitrogens is 2. The molecule has 0 radical (unpaired) electrons. The summed E-state index contributed by atoms with van der Waals surface area (Å²) in [6, 6.07) is 7.62. The van der Waals surface area contributed by atoms with Crippen molar-refractivity contribution >= 4 is 17.5 Å². The predicted octanol–water partition coefficient (Wildman–Crippen LogP) is 0.900. The fourth-order valence-electron chi connectivity index (χ4n) is 5.13. The molecule has 4 atom stereocenters. The van der Waals surface area contributed by atoms with Crippen LogP contribution in [-0.2, 0) is 34.3 Å². The van der Waals surface area contributed by atoms with E-state index in [-0.39, 0.29) is 24.5 Å². The minimum Gasteiger partial charge on any atom is -0.396 e. The molecule has 2 bridgehead atoms. The van der Waals surface area contributed by atoms with E-state index in [0.29, 0.717) is 19.5 Å². The Hall–Kier alpha value is -2.97. The van der Waals surface area contributed by atoms with Crippen molar-refractivity contribution in [3.05, 3.63) is 59.9 Å². The van der Waals surface area contributed by atoms with Crippen LogP contribution in [0.4, 0.5) is 5.69 Å². The Bertz CT molecular complexity index is 1050. The maximum Gasteiger partial charge on any atom is 0.234 e. The highest BCUT2D eigenvalue weighted by atomic mass is 16.5. The predicted molar refractivity (Wildman–Crippen MR) is 113 cm³/mol. The first-order valence-electron chi connectivity index (χ1n) is 10.5. The monoisotopic (exact) mass is 422 g/mol. The Morgan fingerprint density at radius 2 is 2.10 bits per heavy atom. The number of benzene rings is 1. The van der Waals surface area contributed by atoms with Crippen molar-refractivity contribution in [3.63, 3.8) is 0 Å². The van der Waals surface area contributed by atoms with Crippen molar-refractivity contribution in [2.24, 2.45) is 18.9 Å². The van der Waals surface area contributed by atoms with Crippen molar-refractivity contribution in [1.82, 2.24) is 14.7 Å². The van der Waals surface area contributed by atoms with Crippen LogP contribution >= 0.6 is 0 Å². The number of fused-ring (bicyclic) bond motifs is 1. The van der Waals surface area contributed by atoms with Crippen LogP contribution in [0.5, 0.6) is 0 Å². The average molecular weight is 422 g/mol. The highest BCUT2D eigenvalue weighted by molar-refractivity contribution is 6.03. The summed E-state index contributed by atoms with van der Waals surface area (Å²) in [7, 11) is 3.60. The van der Waals surface area contributed by atoms with Gasteiger partial charge in [-0.3, -0.25) is 14.3 Å². The van der Waals surface area contributed by atoms with Crippen LogP contribution < -0.4 is 4.90 Å². The van der Waals surface area contributed by atoms with Crippen LogP contribution in [0.1, 0.15) is 11.1 Å². The van der Waals surface area contributed by atoms with Gasteiger partial charge in [0.2, 0.25) is 11.8 Å². The number of carbonyl (C=O) groups is 2. The van der Waals surface area contributed by atoms with Crippen molar-refractivity contribution < 1.29 is 19.4 Å². The molecule has 2 unspecified atom stereocenters. The number of anilines is 1. The van der Waals surface area contributed by atoms with Gasteiger partial charge in [0.05, 0.1) is 30.7 Å². The molecule has 1 N–H and O–H groups in total. The van der Waals surface area contributed by atoms with E-state index in [0.717, 1.165) is 16.8 Å². The number of rotatable bonds is 6. The van der Waals surface area contributed by atoms with Crippen molar-refractivity contribution in [1.29, 1.82) is 0 Å². The van der Waals surface area contributed by atoms with Crippen molar-refractivity contribution in [2.45, 2.75) is 24.7 Å². The summed E-state index contributed by atoms with van der Waals surface area (Å²) < 4.78 is 7.94. The molecule has 5 rings (SSSR count). The average Bonchev–Trinajstić information content (AvgIpc) is 3.50. The van der Waals surface area contributed by atoms with Gasteiger partial charge in [-0.1, -0.05) is 24.3 Å². The van der Waals surface area contributed by atoms with E-state index < -0.39 is 17.4 Å². The normalized spacial score (nSPS) is 28.4. The first kappa shape index (κ1) is 20.0. The maximum atomic E-state index is 13.5. The van der Waals surface area contributed by atoms with E-state index in [9.17, 15) is 9.59 Å². The molecule has 1 spiro atoms. The van der Waals surface area contributed by atoms with Gasteiger partial charge in [0.1, 0.15) is 5.60 Å². The van der Waals surface area contributed by atoms with E-state index in [1.807, 2.05) is 49.7 Å². The Kier molecular flexibility index (Phi) is 4.71. The van der Waals surface area contributed by atoms with Crippen LogP contribution in [0.2, 0.25) is 0 Å². The zero-order valence-electron chi connectivity index (χ0n) is 17.6. The zero-order valence-corrected chi connectivity index (χ0v) is 17.6. The molecular formula is C23H26N4O4. The summed E-state index contributed by atoms with van der Waals surface area (Å²) in [5.41, 5.74) is 1.99. The second kappa shape index (κ2) is 7.32. The lowest BCUT2D eigenvalue weighted by Crippen LogP contribution is -2.44. The zero-order chi connectivity index (χ0) is 21.8. The molecular weight excluding hydrogens is 396 g/mol. The van der Waals surface area contributed by atoms with E-state index in [4.69, 9.17) is 9.84 Å². The van der Waals surface area contributed by atoms with Crippen LogP contribution in [0.25, 0.3) is 0 Å². The second-order valence-corrected chi connectivity index (χ2v) is 8.68. The molecule has 31 heavy (non-hydrogen) atoms. The van der Waals surface area contributed by atoms with Gasteiger partial charge in [-0.2, -0.15) is 5.10 Å². The molecule has 1 aromatic heterocycles. The van der Waals surface area contributed by atoms with Gasteiger partial charge in [0, 0.05) is 44.7 Å². The number of aryl methyl sites for hydroxylation is 1. The molecule has 2 fully saturated rings. The molecule has 8 nitrogen and oxygen atoms in total. The number of amides is 2. The van der Waals surface area contributed by atoms with Crippen molar-refractivity contribution in [3.8, 4) is 0 Å². The largest absolute Gasteiger partial charge is 0.396 e. The third-order valence-corrected chi connectivity index (χ3v) is 6.59. The van der Waals surface area contributed by atoms with E-state index in [1.165, 1.54) is 0 Å². The molecule has 2 amide bonds. The Labute approximate surface area is 180 Å². The molecule has 2 saturated heterocycles. The number of nitrogens with zero attached hydrogens (tertiary/aromatic N) is 4. The summed E-state index contributed by atoms with van der Waals surface area (Å²) in [4.78, 5) is 30.2. The topological polar surface area (TPSA) is 87.9 Å². The highest BCUT2D eigenvalue weighted by Crippen LogP contribution is 2.53. The third-order valence-electron chi connectivity index (χ3n) is 6.59. The third kappa shape index (κ3) is 3.18. The fraction of sp³-hybridized carbons (Fsp3) is 0.435. The summed E-state index contributed by atoms with van der Waals surface area (Å²) in [6.07, 6.45) is 7.72. The fourth-order valence-corrected chi connectivity index (χ4v) is 5.13. The van der Waals surface area contributed by atoms with Crippen LogP contribution in [0.3, 0.4) is 0 Å². The van der Waals surface area contributed by atoms with Crippen LogP contribution in [-0.4, -0.2) is 63.5 Å². The number of ether oxygens (including phenoxy) is 1. The Morgan fingerprint density at radius 3 is 2.77 bits per heavy atom. The van der Waals surface area contributed by atoms with Gasteiger partial charge in [-0.25, -0.2) is 0 Å². The molecule has 3 aliphatic heterocycles. The van der Waals surface area contributed by atoms with E-state index in [1.54, 1.807) is 27.7 Å². The van der Waals surface area contributed by atoms with Gasteiger partial charge in [0.15, 0.2) is 0 Å². The molecule has 8 heteroatoms.